The molecule has 3 heterocycles. The van der Waals surface area contributed by atoms with Gasteiger partial charge in [0.15, 0.2) is 11.5 Å². The number of fused-ring (bicyclic) bond motifs is 1. The van der Waals surface area contributed by atoms with E-state index in [1.165, 1.54) is 6.42 Å². The van der Waals surface area contributed by atoms with Crippen LogP contribution in [-0.2, 0) is 13.0 Å². The Labute approximate surface area is 165 Å². The molecule has 1 fully saturated rings. The quantitative estimate of drug-likeness (QED) is 0.809. The summed E-state index contributed by atoms with van der Waals surface area (Å²) in [5, 5.41) is 0. The van der Waals surface area contributed by atoms with Crippen LogP contribution in [0.3, 0.4) is 0 Å². The van der Waals surface area contributed by atoms with E-state index in [1.807, 2.05) is 11.1 Å². The molecule has 0 aliphatic carbocycles. The van der Waals surface area contributed by atoms with Crippen molar-refractivity contribution in [2.75, 3.05) is 34.4 Å². The number of aromatic nitrogens is 2. The van der Waals surface area contributed by atoms with Gasteiger partial charge in [-0.1, -0.05) is 6.07 Å². The lowest BCUT2D eigenvalue weighted by Gasteiger charge is -2.29. The Kier molecular flexibility index (Phi) is 5.17. The van der Waals surface area contributed by atoms with E-state index in [0.717, 1.165) is 36.5 Å². The third kappa shape index (κ3) is 3.30. The maximum Gasteiger partial charge on any atom is 0.258 e. The van der Waals surface area contributed by atoms with E-state index in [0.29, 0.717) is 36.2 Å². The van der Waals surface area contributed by atoms with Crippen LogP contribution in [0.2, 0.25) is 0 Å². The number of rotatable bonds is 4. The number of likely N-dealkylation sites (tertiary alicyclic amines) is 1. The summed E-state index contributed by atoms with van der Waals surface area (Å²) in [4.78, 5) is 26.7. The molecule has 1 atom stereocenters. The Hall–Kier alpha value is -2.67. The van der Waals surface area contributed by atoms with Gasteiger partial charge >= 0.3 is 0 Å². The molecule has 1 unspecified atom stereocenters. The van der Waals surface area contributed by atoms with Crippen LogP contribution >= 0.6 is 0 Å². The lowest BCUT2D eigenvalue weighted by Crippen LogP contribution is -2.37. The fourth-order valence-electron chi connectivity index (χ4n) is 4.13. The Bertz CT molecular complexity index is 886. The second-order valence-electron chi connectivity index (χ2n) is 7.36. The first kappa shape index (κ1) is 18.7. The topological polar surface area (TPSA) is 67.8 Å². The number of methoxy groups -OCH3 is 2. The lowest BCUT2D eigenvalue weighted by atomic mass is 10.0. The highest BCUT2D eigenvalue weighted by atomic mass is 16.5. The van der Waals surface area contributed by atoms with E-state index in [-0.39, 0.29) is 5.91 Å². The van der Waals surface area contributed by atoms with E-state index >= 15 is 0 Å². The lowest BCUT2D eigenvalue weighted by molar-refractivity contribution is 0.0729. The first-order chi connectivity index (χ1) is 13.6. The predicted octanol–water partition coefficient (Wildman–Crippen LogP) is 2.46. The van der Waals surface area contributed by atoms with Gasteiger partial charge in [-0.05, 0) is 38.6 Å². The molecule has 7 heteroatoms. The third-order valence-corrected chi connectivity index (χ3v) is 5.69. The second-order valence-corrected chi connectivity index (χ2v) is 7.36. The van der Waals surface area contributed by atoms with Gasteiger partial charge in [0.1, 0.15) is 5.82 Å². The van der Waals surface area contributed by atoms with Gasteiger partial charge in [-0.15, -0.1) is 0 Å². The van der Waals surface area contributed by atoms with Crippen molar-refractivity contribution in [3.8, 4) is 11.5 Å². The summed E-state index contributed by atoms with van der Waals surface area (Å²) < 4.78 is 10.8. The number of nitrogens with zero attached hydrogens (tertiary/aromatic N) is 4. The number of hydrogen-bond acceptors (Lipinski definition) is 6. The SMILES string of the molecule is COc1cccc(C(=O)N2CCc3nc(C4CCCN4C)ncc3C2)c1OC. The Morgan fingerprint density at radius 3 is 2.79 bits per heavy atom. The van der Waals surface area contributed by atoms with E-state index < -0.39 is 0 Å². The van der Waals surface area contributed by atoms with Crippen LogP contribution in [0.25, 0.3) is 0 Å². The highest BCUT2D eigenvalue weighted by molar-refractivity contribution is 5.98. The zero-order chi connectivity index (χ0) is 19.7. The summed E-state index contributed by atoms with van der Waals surface area (Å²) >= 11 is 0. The van der Waals surface area contributed by atoms with Crippen molar-refractivity contribution in [3.05, 3.63) is 47.0 Å². The maximum absolute atomic E-state index is 13.1. The smallest absolute Gasteiger partial charge is 0.258 e. The van der Waals surface area contributed by atoms with Gasteiger partial charge in [-0.3, -0.25) is 9.69 Å². The Morgan fingerprint density at radius 1 is 1.21 bits per heavy atom. The molecule has 2 aromatic rings. The molecule has 0 radical (unpaired) electrons. The van der Waals surface area contributed by atoms with Crippen molar-refractivity contribution < 1.29 is 14.3 Å². The third-order valence-electron chi connectivity index (χ3n) is 5.69. The summed E-state index contributed by atoms with van der Waals surface area (Å²) in [5.41, 5.74) is 2.59. The number of hydrogen-bond donors (Lipinski definition) is 0. The van der Waals surface area contributed by atoms with Crippen molar-refractivity contribution in [2.24, 2.45) is 0 Å². The van der Waals surface area contributed by atoms with Gasteiger partial charge in [-0.25, -0.2) is 9.97 Å². The molecular formula is C21H26N4O3. The molecule has 0 saturated carbocycles. The van der Waals surface area contributed by atoms with E-state index in [9.17, 15) is 4.79 Å². The van der Waals surface area contributed by atoms with Gasteiger partial charge in [0.05, 0.1) is 31.5 Å². The van der Waals surface area contributed by atoms with Gasteiger partial charge in [0.2, 0.25) is 0 Å². The van der Waals surface area contributed by atoms with Crippen LogP contribution in [0.15, 0.2) is 24.4 Å². The molecule has 1 aromatic heterocycles. The monoisotopic (exact) mass is 382 g/mol. The number of carbonyl (C=O) groups excluding carboxylic acids is 1. The number of para-hydroxylation sites is 1. The van der Waals surface area contributed by atoms with Crippen molar-refractivity contribution in [1.29, 1.82) is 0 Å². The summed E-state index contributed by atoms with van der Waals surface area (Å²) in [5.74, 6) is 1.87. The molecule has 28 heavy (non-hydrogen) atoms. The van der Waals surface area contributed by atoms with E-state index in [1.54, 1.807) is 32.4 Å². The average molecular weight is 382 g/mol. The van der Waals surface area contributed by atoms with Crippen molar-refractivity contribution >= 4 is 5.91 Å². The van der Waals surface area contributed by atoms with E-state index in [4.69, 9.17) is 14.5 Å². The molecule has 7 nitrogen and oxygen atoms in total. The molecule has 2 aliphatic rings. The first-order valence-electron chi connectivity index (χ1n) is 9.67. The van der Waals surface area contributed by atoms with Crippen LogP contribution in [0.5, 0.6) is 11.5 Å². The molecule has 1 aromatic carbocycles. The van der Waals surface area contributed by atoms with Crippen LogP contribution < -0.4 is 9.47 Å². The Balaban J connectivity index is 1.55. The zero-order valence-corrected chi connectivity index (χ0v) is 16.6. The Morgan fingerprint density at radius 2 is 2.07 bits per heavy atom. The van der Waals surface area contributed by atoms with Crippen molar-refractivity contribution in [1.82, 2.24) is 19.8 Å². The molecule has 4 rings (SSSR count). The van der Waals surface area contributed by atoms with Gasteiger partial charge < -0.3 is 14.4 Å². The van der Waals surface area contributed by atoms with Crippen molar-refractivity contribution in [3.63, 3.8) is 0 Å². The molecule has 148 valence electrons. The van der Waals surface area contributed by atoms with Crippen LogP contribution in [0.1, 0.15) is 46.3 Å². The summed E-state index contributed by atoms with van der Waals surface area (Å²) in [6.07, 6.45) is 4.92. The predicted molar refractivity (Wildman–Crippen MR) is 105 cm³/mol. The van der Waals surface area contributed by atoms with Gasteiger partial charge in [0.25, 0.3) is 5.91 Å². The zero-order valence-electron chi connectivity index (χ0n) is 16.6. The standard InChI is InChI=1S/C21H26N4O3/c1-24-10-5-7-17(24)20-22-12-14-13-25(11-9-16(14)23-20)21(26)15-6-4-8-18(27-2)19(15)28-3/h4,6,8,12,17H,5,7,9-11,13H2,1-3H3. The van der Waals surface area contributed by atoms with Crippen molar-refractivity contribution in [2.45, 2.75) is 31.8 Å². The van der Waals surface area contributed by atoms with Crippen LogP contribution in [0, 0.1) is 0 Å². The fourth-order valence-corrected chi connectivity index (χ4v) is 4.13. The van der Waals surface area contributed by atoms with Crippen LogP contribution in [-0.4, -0.2) is 60.0 Å². The minimum atomic E-state index is -0.0685. The number of carbonyl (C=O) groups is 1. The minimum absolute atomic E-state index is 0.0685. The first-order valence-corrected chi connectivity index (χ1v) is 9.67. The molecular weight excluding hydrogens is 356 g/mol. The summed E-state index contributed by atoms with van der Waals surface area (Å²) in [6, 6.07) is 5.68. The van der Waals surface area contributed by atoms with Gasteiger partial charge in [-0.2, -0.15) is 0 Å². The second kappa shape index (κ2) is 7.75. The maximum atomic E-state index is 13.1. The molecule has 1 saturated heterocycles. The normalized spacial score (nSPS) is 19.4. The molecule has 0 bridgehead atoms. The van der Waals surface area contributed by atoms with Crippen LogP contribution in [0.4, 0.5) is 0 Å². The molecule has 1 amide bonds. The molecule has 0 N–H and O–H groups in total. The minimum Gasteiger partial charge on any atom is -0.493 e. The van der Waals surface area contributed by atoms with Gasteiger partial charge in [0, 0.05) is 31.3 Å². The van der Waals surface area contributed by atoms with E-state index in [2.05, 4.69) is 16.9 Å². The summed E-state index contributed by atoms with van der Waals surface area (Å²) in [7, 11) is 5.25. The highest BCUT2D eigenvalue weighted by Gasteiger charge is 2.29. The average Bonchev–Trinajstić information content (AvgIpc) is 3.17. The number of ether oxygens (including phenoxy) is 2. The largest absolute Gasteiger partial charge is 0.493 e. The fraction of sp³-hybridized carbons (Fsp3) is 0.476. The molecule has 2 aliphatic heterocycles. The number of amides is 1. The number of benzene rings is 1. The summed E-state index contributed by atoms with van der Waals surface area (Å²) in [6.45, 7) is 2.23. The highest BCUT2D eigenvalue weighted by Crippen LogP contribution is 2.33. The molecule has 0 spiro atoms.